The second-order valence-corrected chi connectivity index (χ2v) is 5.62. The third kappa shape index (κ3) is 3.35. The van der Waals surface area contributed by atoms with E-state index in [0.29, 0.717) is 10.6 Å². The van der Waals surface area contributed by atoms with Crippen LogP contribution in [0.4, 0.5) is 4.79 Å². The first kappa shape index (κ1) is 17.4. The average Bonchev–Trinajstić information content (AvgIpc) is 3.06. The highest BCUT2D eigenvalue weighted by Crippen LogP contribution is 2.30. The Morgan fingerprint density at radius 1 is 1.12 bits per heavy atom. The molecule has 26 heavy (non-hydrogen) atoms. The second-order valence-electron chi connectivity index (χ2n) is 5.18. The lowest BCUT2D eigenvalue weighted by Gasteiger charge is -2.13. The van der Waals surface area contributed by atoms with E-state index in [1.54, 1.807) is 6.07 Å². The Bertz CT molecular complexity index is 953. The maximum Gasteiger partial charge on any atom is 0.338 e. The van der Waals surface area contributed by atoms with Crippen LogP contribution in [-0.4, -0.2) is 30.9 Å². The Labute approximate surface area is 151 Å². The first-order chi connectivity index (χ1) is 12.4. The van der Waals surface area contributed by atoms with Crippen LogP contribution in [0.1, 0.15) is 16.1 Å². The zero-order valence-electron chi connectivity index (χ0n) is 13.3. The predicted molar refractivity (Wildman–Crippen MR) is 90.2 cm³/mol. The van der Waals surface area contributed by atoms with E-state index in [-0.39, 0.29) is 22.7 Å². The molecule has 0 saturated carbocycles. The highest BCUT2D eigenvalue weighted by atomic mass is 35.5. The number of esters is 1. The summed E-state index contributed by atoms with van der Waals surface area (Å²) >= 11 is 5.99. The van der Waals surface area contributed by atoms with Crippen LogP contribution >= 0.6 is 11.6 Å². The molecule has 1 aromatic carbocycles. The van der Waals surface area contributed by atoms with Gasteiger partial charge in [0, 0.05) is 10.6 Å². The SMILES string of the molecule is COC(=O)c1ccc(Cl)cc1-c1ccc(C=C2C(=O)NC(=O)NC2=O)o1. The highest BCUT2D eigenvalue weighted by Gasteiger charge is 2.28. The molecule has 2 aromatic rings. The molecule has 132 valence electrons. The summed E-state index contributed by atoms with van der Waals surface area (Å²) in [5, 5.41) is 4.30. The second kappa shape index (κ2) is 6.85. The number of benzene rings is 1. The number of barbiturate groups is 1. The Morgan fingerprint density at radius 3 is 2.46 bits per heavy atom. The number of urea groups is 1. The lowest BCUT2D eigenvalue weighted by Crippen LogP contribution is -2.51. The van der Waals surface area contributed by atoms with Crippen LogP contribution in [-0.2, 0) is 14.3 Å². The monoisotopic (exact) mass is 374 g/mol. The Kier molecular flexibility index (Phi) is 4.59. The topological polar surface area (TPSA) is 115 Å². The molecule has 1 aliphatic rings. The Balaban J connectivity index is 1.99. The van der Waals surface area contributed by atoms with Crippen molar-refractivity contribution in [1.29, 1.82) is 0 Å². The number of methoxy groups -OCH3 is 1. The van der Waals surface area contributed by atoms with Crippen LogP contribution in [0.15, 0.2) is 40.3 Å². The van der Waals surface area contributed by atoms with Gasteiger partial charge in [-0.15, -0.1) is 0 Å². The van der Waals surface area contributed by atoms with E-state index in [9.17, 15) is 19.2 Å². The summed E-state index contributed by atoms with van der Waals surface area (Å²) < 4.78 is 10.3. The first-order valence-corrected chi connectivity index (χ1v) is 7.63. The van der Waals surface area contributed by atoms with Crippen LogP contribution in [0.2, 0.25) is 5.02 Å². The average molecular weight is 375 g/mol. The molecule has 2 heterocycles. The molecular weight excluding hydrogens is 364 g/mol. The molecule has 9 heteroatoms. The van der Waals surface area contributed by atoms with E-state index in [0.717, 1.165) is 0 Å². The van der Waals surface area contributed by atoms with Gasteiger partial charge in [0.2, 0.25) is 0 Å². The molecule has 1 fully saturated rings. The van der Waals surface area contributed by atoms with Gasteiger partial charge in [-0.3, -0.25) is 20.2 Å². The minimum absolute atomic E-state index is 0.172. The number of halogens is 1. The quantitative estimate of drug-likeness (QED) is 0.483. The third-order valence-corrected chi connectivity index (χ3v) is 3.74. The third-order valence-electron chi connectivity index (χ3n) is 3.51. The number of rotatable bonds is 3. The van der Waals surface area contributed by atoms with Crippen molar-refractivity contribution >= 4 is 41.5 Å². The van der Waals surface area contributed by atoms with Gasteiger partial charge in [-0.2, -0.15) is 0 Å². The Morgan fingerprint density at radius 2 is 1.81 bits per heavy atom. The number of nitrogens with one attached hydrogen (secondary N) is 2. The molecule has 0 spiro atoms. The zero-order chi connectivity index (χ0) is 18.8. The summed E-state index contributed by atoms with van der Waals surface area (Å²) in [4.78, 5) is 46.4. The van der Waals surface area contributed by atoms with Crippen molar-refractivity contribution in [1.82, 2.24) is 10.6 Å². The minimum atomic E-state index is -0.890. The fourth-order valence-electron chi connectivity index (χ4n) is 2.33. The number of carbonyl (C=O) groups is 4. The fraction of sp³-hybridized carbons (Fsp3) is 0.0588. The normalized spacial score (nSPS) is 13.9. The van der Waals surface area contributed by atoms with E-state index in [4.69, 9.17) is 20.8 Å². The molecule has 2 N–H and O–H groups in total. The van der Waals surface area contributed by atoms with Crippen LogP contribution in [0.5, 0.6) is 0 Å². The minimum Gasteiger partial charge on any atom is -0.465 e. The van der Waals surface area contributed by atoms with Crippen molar-refractivity contribution < 1.29 is 28.3 Å². The first-order valence-electron chi connectivity index (χ1n) is 7.25. The van der Waals surface area contributed by atoms with Gasteiger partial charge in [0.05, 0.1) is 12.7 Å². The van der Waals surface area contributed by atoms with E-state index < -0.39 is 23.8 Å². The zero-order valence-corrected chi connectivity index (χ0v) is 14.0. The molecule has 1 aromatic heterocycles. The molecule has 1 aliphatic heterocycles. The van der Waals surface area contributed by atoms with E-state index in [2.05, 4.69) is 0 Å². The lowest BCUT2D eigenvalue weighted by atomic mass is 10.1. The number of ether oxygens (including phenoxy) is 1. The van der Waals surface area contributed by atoms with Crippen molar-refractivity contribution in [3.63, 3.8) is 0 Å². The Hall–Kier alpha value is -3.39. The molecule has 0 aliphatic carbocycles. The molecule has 0 atom stereocenters. The molecular formula is C17H11ClN2O6. The van der Waals surface area contributed by atoms with Gasteiger partial charge < -0.3 is 9.15 Å². The van der Waals surface area contributed by atoms with Crippen molar-refractivity contribution in [2.24, 2.45) is 0 Å². The van der Waals surface area contributed by atoms with Crippen molar-refractivity contribution in [2.75, 3.05) is 7.11 Å². The van der Waals surface area contributed by atoms with Crippen LogP contribution < -0.4 is 10.6 Å². The van der Waals surface area contributed by atoms with Crippen molar-refractivity contribution in [3.8, 4) is 11.3 Å². The van der Waals surface area contributed by atoms with Gasteiger partial charge in [0.1, 0.15) is 17.1 Å². The van der Waals surface area contributed by atoms with Gasteiger partial charge in [-0.05, 0) is 36.4 Å². The number of hydrogen-bond acceptors (Lipinski definition) is 6. The number of furan rings is 1. The molecule has 4 amide bonds. The van der Waals surface area contributed by atoms with Crippen LogP contribution in [0, 0.1) is 0 Å². The highest BCUT2D eigenvalue weighted by molar-refractivity contribution is 6.31. The number of hydrogen-bond donors (Lipinski definition) is 2. The molecule has 0 bridgehead atoms. The summed E-state index contributed by atoms with van der Waals surface area (Å²) in [6.45, 7) is 0. The largest absolute Gasteiger partial charge is 0.465 e. The van der Waals surface area contributed by atoms with E-state index in [1.807, 2.05) is 10.6 Å². The summed E-state index contributed by atoms with van der Waals surface area (Å²) in [6.07, 6.45) is 1.18. The van der Waals surface area contributed by atoms with Gasteiger partial charge in [0.15, 0.2) is 0 Å². The van der Waals surface area contributed by atoms with Gasteiger partial charge in [-0.25, -0.2) is 9.59 Å². The summed E-state index contributed by atoms with van der Waals surface area (Å²) in [6, 6.07) is 6.73. The predicted octanol–water partition coefficient (Wildman–Crippen LogP) is 2.14. The number of imide groups is 2. The van der Waals surface area contributed by atoms with Crippen molar-refractivity contribution in [2.45, 2.75) is 0 Å². The summed E-state index contributed by atoms with van der Waals surface area (Å²) in [7, 11) is 1.25. The maximum atomic E-state index is 11.9. The molecule has 1 saturated heterocycles. The van der Waals surface area contributed by atoms with E-state index in [1.165, 1.54) is 37.5 Å². The molecule has 8 nitrogen and oxygen atoms in total. The molecule has 0 radical (unpaired) electrons. The van der Waals surface area contributed by atoms with Crippen LogP contribution in [0.3, 0.4) is 0 Å². The standard InChI is InChI=1S/C17H11ClN2O6/c1-25-16(23)10-4-2-8(18)6-11(10)13-5-3-9(26-13)7-12-14(21)19-17(24)20-15(12)22/h2-7H,1H3,(H2,19,20,21,22,24). The maximum absolute atomic E-state index is 11.9. The number of carbonyl (C=O) groups excluding carboxylic acids is 4. The smallest absolute Gasteiger partial charge is 0.338 e. The fourth-order valence-corrected chi connectivity index (χ4v) is 2.50. The van der Waals surface area contributed by atoms with Gasteiger partial charge in [0.25, 0.3) is 11.8 Å². The van der Waals surface area contributed by atoms with E-state index >= 15 is 0 Å². The molecule has 0 unspecified atom stereocenters. The van der Waals surface area contributed by atoms with Gasteiger partial charge >= 0.3 is 12.0 Å². The molecule has 3 rings (SSSR count). The lowest BCUT2D eigenvalue weighted by molar-refractivity contribution is -0.123. The summed E-state index contributed by atoms with van der Waals surface area (Å²) in [5.41, 5.74) is 0.343. The summed E-state index contributed by atoms with van der Waals surface area (Å²) in [5.74, 6) is -1.79. The van der Waals surface area contributed by atoms with Gasteiger partial charge in [-0.1, -0.05) is 11.6 Å². The van der Waals surface area contributed by atoms with Crippen molar-refractivity contribution in [3.05, 3.63) is 52.3 Å². The number of amides is 4. The van der Waals surface area contributed by atoms with Crippen LogP contribution in [0.25, 0.3) is 17.4 Å².